The van der Waals surface area contributed by atoms with Gasteiger partial charge in [0.05, 0.1) is 16.6 Å². The van der Waals surface area contributed by atoms with Gasteiger partial charge in [0, 0.05) is 14.5 Å². The summed E-state index contributed by atoms with van der Waals surface area (Å²) in [4.78, 5) is 7.37. The van der Waals surface area contributed by atoms with E-state index in [2.05, 4.69) is 41.8 Å². The van der Waals surface area contributed by atoms with Crippen molar-refractivity contribution >= 4 is 42.9 Å². The number of rotatable bonds is 1. The van der Waals surface area contributed by atoms with Crippen LogP contribution >= 0.6 is 31.9 Å². The topological polar surface area (TPSA) is 28.7 Å². The third kappa shape index (κ3) is 2.85. The lowest BCUT2D eigenvalue weighted by atomic mass is 10.1. The first-order chi connectivity index (χ1) is 9.84. The van der Waals surface area contributed by atoms with Crippen molar-refractivity contribution in [1.82, 2.24) is 9.97 Å². The minimum absolute atomic E-state index is 0.372. The van der Waals surface area contributed by atoms with Crippen LogP contribution in [-0.4, -0.2) is 9.97 Å². The fraction of sp³-hybridized carbons (Fsp3) is 0.0714. The Labute approximate surface area is 134 Å². The number of fused-ring (bicyclic) bond motifs is 1. The Morgan fingerprint density at radius 1 is 1.00 bits per heavy atom. The summed E-state index contributed by atoms with van der Waals surface area (Å²) in [7, 11) is 0. The molecule has 0 atom stereocenters. The van der Waals surface area contributed by atoms with Gasteiger partial charge in [0.25, 0.3) is 0 Å². The highest BCUT2D eigenvalue weighted by atomic mass is 79.9. The van der Waals surface area contributed by atoms with Gasteiger partial charge in [-0.1, -0.05) is 31.9 Å². The van der Waals surface area contributed by atoms with Gasteiger partial charge in [-0.25, -0.2) is 4.98 Å². The summed E-state index contributed by atoms with van der Waals surface area (Å²) < 4.78 is 39.9. The van der Waals surface area contributed by atoms with Crippen molar-refractivity contribution < 1.29 is 13.2 Å². The molecule has 1 heterocycles. The Morgan fingerprint density at radius 3 is 2.48 bits per heavy atom. The predicted octanol–water partition coefficient (Wildman–Crippen LogP) is 5.77. The minimum Gasteiger partial charge on any atom is -0.338 e. The van der Waals surface area contributed by atoms with Crippen LogP contribution < -0.4 is 0 Å². The van der Waals surface area contributed by atoms with Gasteiger partial charge in [-0.05, 0) is 36.4 Å². The Balaban J connectivity index is 2.17. The van der Waals surface area contributed by atoms with Crippen molar-refractivity contribution in [2.75, 3.05) is 0 Å². The summed E-state index contributed by atoms with van der Waals surface area (Å²) >= 11 is 6.61. The second kappa shape index (κ2) is 5.14. The Hall–Kier alpha value is -1.34. The normalized spacial score (nSPS) is 12.0. The fourth-order valence-corrected chi connectivity index (χ4v) is 2.79. The molecule has 7 heteroatoms. The second-order valence-electron chi connectivity index (χ2n) is 4.44. The molecule has 3 rings (SSSR count). The van der Waals surface area contributed by atoms with E-state index in [0.29, 0.717) is 21.4 Å². The zero-order chi connectivity index (χ0) is 15.2. The van der Waals surface area contributed by atoms with Gasteiger partial charge in [-0.3, -0.25) is 0 Å². The van der Waals surface area contributed by atoms with Crippen molar-refractivity contribution in [1.29, 1.82) is 0 Å². The zero-order valence-corrected chi connectivity index (χ0v) is 13.5. The maximum Gasteiger partial charge on any atom is 0.416 e. The number of alkyl halides is 3. The molecule has 0 saturated heterocycles. The molecular weight excluding hydrogens is 413 g/mol. The maximum atomic E-state index is 12.8. The van der Waals surface area contributed by atoms with Gasteiger partial charge in [0.1, 0.15) is 5.82 Å². The first-order valence-corrected chi connectivity index (χ1v) is 7.45. The van der Waals surface area contributed by atoms with Crippen LogP contribution in [0.4, 0.5) is 13.2 Å². The highest BCUT2D eigenvalue weighted by Gasteiger charge is 2.31. The third-order valence-electron chi connectivity index (χ3n) is 2.99. The standard InChI is InChI=1S/C14H7Br2F3N2/c15-8-2-4-11-12(6-8)21-13(20-11)9-5-7(14(17,18)19)1-3-10(9)16/h1-6H,(H,20,21). The van der Waals surface area contributed by atoms with Crippen LogP contribution in [-0.2, 0) is 6.18 Å². The Bertz CT molecular complexity index is 825. The van der Waals surface area contributed by atoms with Crippen LogP contribution in [0.3, 0.4) is 0 Å². The molecule has 3 aromatic rings. The van der Waals surface area contributed by atoms with Crippen LogP contribution in [0.15, 0.2) is 45.3 Å². The Morgan fingerprint density at radius 2 is 1.76 bits per heavy atom. The zero-order valence-electron chi connectivity index (χ0n) is 10.3. The summed E-state index contributed by atoms with van der Waals surface area (Å²) in [6.07, 6.45) is -4.38. The molecule has 0 bridgehead atoms. The molecular formula is C14H7Br2F3N2. The largest absolute Gasteiger partial charge is 0.416 e. The summed E-state index contributed by atoms with van der Waals surface area (Å²) in [6.45, 7) is 0. The average Bonchev–Trinajstić information content (AvgIpc) is 2.80. The number of hydrogen-bond acceptors (Lipinski definition) is 1. The third-order valence-corrected chi connectivity index (χ3v) is 4.18. The molecule has 0 aliphatic carbocycles. The van der Waals surface area contributed by atoms with Crippen LogP contribution in [0, 0.1) is 0 Å². The molecule has 2 nitrogen and oxygen atoms in total. The lowest BCUT2D eigenvalue weighted by molar-refractivity contribution is -0.137. The molecule has 0 fully saturated rings. The molecule has 0 spiro atoms. The lowest BCUT2D eigenvalue weighted by Gasteiger charge is -2.09. The molecule has 0 unspecified atom stereocenters. The van der Waals surface area contributed by atoms with E-state index in [1.807, 2.05) is 12.1 Å². The van der Waals surface area contributed by atoms with E-state index < -0.39 is 11.7 Å². The van der Waals surface area contributed by atoms with Crippen LogP contribution in [0.25, 0.3) is 22.4 Å². The molecule has 0 radical (unpaired) electrons. The molecule has 0 aliphatic rings. The monoisotopic (exact) mass is 418 g/mol. The van der Waals surface area contributed by atoms with Gasteiger partial charge in [0.2, 0.25) is 0 Å². The van der Waals surface area contributed by atoms with Gasteiger partial charge in [-0.2, -0.15) is 13.2 Å². The first kappa shape index (κ1) is 14.6. The molecule has 0 saturated carbocycles. The van der Waals surface area contributed by atoms with Crippen molar-refractivity contribution in [3.63, 3.8) is 0 Å². The number of halogens is 5. The first-order valence-electron chi connectivity index (χ1n) is 5.87. The maximum absolute atomic E-state index is 12.8. The molecule has 108 valence electrons. The van der Waals surface area contributed by atoms with Crippen LogP contribution in [0.2, 0.25) is 0 Å². The molecule has 0 amide bonds. The van der Waals surface area contributed by atoms with E-state index in [9.17, 15) is 13.2 Å². The molecule has 21 heavy (non-hydrogen) atoms. The predicted molar refractivity (Wildman–Crippen MR) is 81.9 cm³/mol. The number of nitrogens with zero attached hydrogens (tertiary/aromatic N) is 1. The fourth-order valence-electron chi connectivity index (χ4n) is 1.99. The molecule has 2 aromatic carbocycles. The van der Waals surface area contributed by atoms with Crippen LogP contribution in [0.5, 0.6) is 0 Å². The number of aromatic nitrogens is 2. The van der Waals surface area contributed by atoms with Gasteiger partial charge >= 0.3 is 6.18 Å². The highest BCUT2D eigenvalue weighted by molar-refractivity contribution is 9.10. The molecule has 0 aliphatic heterocycles. The van der Waals surface area contributed by atoms with Crippen molar-refractivity contribution in [2.24, 2.45) is 0 Å². The summed E-state index contributed by atoms with van der Waals surface area (Å²) in [5.41, 5.74) is 1.11. The van der Waals surface area contributed by atoms with Gasteiger partial charge < -0.3 is 4.98 Å². The molecule has 1 aromatic heterocycles. The van der Waals surface area contributed by atoms with Crippen molar-refractivity contribution in [2.45, 2.75) is 6.18 Å². The molecule has 1 N–H and O–H groups in total. The number of benzene rings is 2. The summed E-state index contributed by atoms with van der Waals surface area (Å²) in [6, 6.07) is 8.94. The number of H-pyrrole nitrogens is 1. The highest BCUT2D eigenvalue weighted by Crippen LogP contribution is 2.35. The SMILES string of the molecule is FC(F)(F)c1ccc(Br)c(-c2nc3ccc(Br)cc3[nH]2)c1. The quantitative estimate of drug-likeness (QED) is 0.532. The number of nitrogens with one attached hydrogen (secondary N) is 1. The average molecular weight is 420 g/mol. The van der Waals surface area contributed by atoms with E-state index in [-0.39, 0.29) is 0 Å². The van der Waals surface area contributed by atoms with Crippen LogP contribution in [0.1, 0.15) is 5.56 Å². The Kier molecular flexibility index (Phi) is 3.57. The summed E-state index contributed by atoms with van der Waals surface area (Å²) in [5, 5.41) is 0. The number of aromatic amines is 1. The second-order valence-corrected chi connectivity index (χ2v) is 6.21. The van der Waals surface area contributed by atoms with Crippen molar-refractivity contribution in [3.8, 4) is 11.4 Å². The summed E-state index contributed by atoms with van der Waals surface area (Å²) in [5.74, 6) is 0.390. The minimum atomic E-state index is -4.38. The van der Waals surface area contributed by atoms with Gasteiger partial charge in [-0.15, -0.1) is 0 Å². The smallest absolute Gasteiger partial charge is 0.338 e. The van der Waals surface area contributed by atoms with Gasteiger partial charge in [0.15, 0.2) is 0 Å². The van der Waals surface area contributed by atoms with E-state index in [4.69, 9.17) is 0 Å². The number of imidazole rings is 1. The van der Waals surface area contributed by atoms with E-state index in [0.717, 1.165) is 22.1 Å². The van der Waals surface area contributed by atoms with E-state index in [1.165, 1.54) is 6.07 Å². The van der Waals surface area contributed by atoms with E-state index in [1.54, 1.807) is 6.07 Å². The number of hydrogen-bond donors (Lipinski definition) is 1. The van der Waals surface area contributed by atoms with E-state index >= 15 is 0 Å². The lowest BCUT2D eigenvalue weighted by Crippen LogP contribution is -2.05. The van der Waals surface area contributed by atoms with Crippen molar-refractivity contribution in [3.05, 3.63) is 50.9 Å².